The molecule has 48 heavy (non-hydrogen) atoms. The van der Waals surface area contributed by atoms with Crippen LogP contribution < -0.4 is 5.32 Å². The van der Waals surface area contributed by atoms with Crippen molar-refractivity contribution in [2.45, 2.75) is 77.4 Å². The summed E-state index contributed by atoms with van der Waals surface area (Å²) in [6, 6.07) is 10.3. The molecule has 2 saturated heterocycles. The molecule has 10 nitrogen and oxygen atoms in total. The van der Waals surface area contributed by atoms with Crippen LogP contribution in [0.2, 0.25) is 0 Å². The number of fused-ring (bicyclic) bond motifs is 2. The van der Waals surface area contributed by atoms with Crippen molar-refractivity contribution >= 4 is 48.3 Å². The van der Waals surface area contributed by atoms with Crippen LogP contribution in [0.4, 0.5) is 19.0 Å². The number of nitrogens with zero attached hydrogens (tertiary/aromatic N) is 7. The number of nitriles is 1. The van der Waals surface area contributed by atoms with E-state index in [0.29, 0.717) is 47.9 Å². The van der Waals surface area contributed by atoms with Crippen molar-refractivity contribution in [1.82, 2.24) is 28.6 Å². The van der Waals surface area contributed by atoms with Crippen LogP contribution in [0.3, 0.4) is 0 Å². The number of sulfonamides is 1. The summed E-state index contributed by atoms with van der Waals surface area (Å²) in [6.07, 6.45) is -0.827. The second kappa shape index (κ2) is 13.5. The number of aryl methyl sites for hydroxylation is 1. The fourth-order valence-electron chi connectivity index (χ4n) is 7.20. The van der Waals surface area contributed by atoms with Gasteiger partial charge in [-0.1, -0.05) is 6.07 Å². The minimum Gasteiger partial charge on any atom is -0.367 e. The quantitative estimate of drug-likeness (QED) is 0.248. The van der Waals surface area contributed by atoms with E-state index in [1.54, 1.807) is 10.4 Å². The summed E-state index contributed by atoms with van der Waals surface area (Å²) in [5, 5.41) is 15.2. The number of anilines is 1. The van der Waals surface area contributed by atoms with Gasteiger partial charge in [-0.25, -0.2) is 18.4 Å². The van der Waals surface area contributed by atoms with Gasteiger partial charge >= 0.3 is 6.18 Å². The highest BCUT2D eigenvalue weighted by Crippen LogP contribution is 2.34. The lowest BCUT2D eigenvalue weighted by atomic mass is 10.0. The first kappa shape index (κ1) is 34.6. The monoisotopic (exact) mass is 702 g/mol. The zero-order chi connectivity index (χ0) is 34.4. The van der Waals surface area contributed by atoms with Crippen LogP contribution in [0.25, 0.3) is 21.1 Å². The van der Waals surface area contributed by atoms with Crippen LogP contribution in [0.5, 0.6) is 0 Å². The van der Waals surface area contributed by atoms with E-state index in [-0.39, 0.29) is 23.0 Å². The Hall–Kier alpha value is -3.29. The number of rotatable bonds is 9. The predicted octanol–water partition coefficient (Wildman–Crippen LogP) is 5.36. The van der Waals surface area contributed by atoms with Crippen molar-refractivity contribution < 1.29 is 21.6 Å². The zero-order valence-corrected chi connectivity index (χ0v) is 29.2. The van der Waals surface area contributed by atoms with Gasteiger partial charge in [0.25, 0.3) is 0 Å². The number of thiophene rings is 1. The Kier molecular flexibility index (Phi) is 9.76. The number of hydrogen-bond acceptors (Lipinski definition) is 9. The largest absolute Gasteiger partial charge is 0.393 e. The van der Waals surface area contributed by atoms with Crippen molar-refractivity contribution in [3.63, 3.8) is 0 Å². The molecule has 5 heterocycles. The van der Waals surface area contributed by atoms with Gasteiger partial charge in [0.05, 0.1) is 18.1 Å². The molecule has 4 aromatic rings. The van der Waals surface area contributed by atoms with E-state index in [1.165, 1.54) is 18.1 Å². The van der Waals surface area contributed by atoms with Crippen molar-refractivity contribution in [3.8, 4) is 6.07 Å². The molecule has 0 radical (unpaired) electrons. The first-order chi connectivity index (χ1) is 22.7. The Bertz CT molecular complexity index is 1940. The SMILES string of the molecule is Cc1c(CN2CCC(Nc3ncnc4sc(CC(F)(F)F)cc34)CC2)ccc2c1cc(C#N)n2C[C@H](C)N1CCN(S(C)(=O)=O)[C@@H](C)C1. The maximum absolute atomic E-state index is 13.0. The maximum Gasteiger partial charge on any atom is 0.393 e. The lowest BCUT2D eigenvalue weighted by Gasteiger charge is -2.41. The molecule has 0 amide bonds. The number of likely N-dealkylation sites (tertiary alicyclic amines) is 1. The Morgan fingerprint density at radius 1 is 1.12 bits per heavy atom. The molecule has 0 saturated carbocycles. The van der Waals surface area contributed by atoms with Crippen LogP contribution in [0, 0.1) is 18.3 Å². The molecule has 6 rings (SSSR count). The molecule has 0 aliphatic carbocycles. The van der Waals surface area contributed by atoms with E-state index in [0.717, 1.165) is 60.3 Å². The first-order valence-corrected chi connectivity index (χ1v) is 18.9. The Morgan fingerprint density at radius 3 is 2.54 bits per heavy atom. The van der Waals surface area contributed by atoms with Crippen LogP contribution in [-0.2, 0) is 29.5 Å². The van der Waals surface area contributed by atoms with E-state index >= 15 is 0 Å². The second-order valence-electron chi connectivity index (χ2n) is 13.2. The highest BCUT2D eigenvalue weighted by atomic mass is 32.2. The molecule has 3 aromatic heterocycles. The molecule has 0 unspecified atom stereocenters. The molecule has 1 aromatic carbocycles. The number of piperidine rings is 1. The highest BCUT2D eigenvalue weighted by Gasteiger charge is 2.32. The molecule has 2 fully saturated rings. The molecule has 258 valence electrons. The fraction of sp³-hybridized carbons (Fsp3) is 0.545. The Labute approximate surface area is 283 Å². The third-order valence-electron chi connectivity index (χ3n) is 9.75. The number of nitrogens with one attached hydrogen (secondary N) is 1. The number of halogens is 3. The molecular weight excluding hydrogens is 662 g/mol. The minimum absolute atomic E-state index is 0.109. The van der Waals surface area contributed by atoms with Crippen molar-refractivity contribution in [2.24, 2.45) is 0 Å². The molecule has 0 spiro atoms. The van der Waals surface area contributed by atoms with Gasteiger partial charge in [0.15, 0.2) is 0 Å². The number of alkyl halides is 3. The van der Waals surface area contributed by atoms with Gasteiger partial charge in [0.1, 0.15) is 28.7 Å². The first-order valence-electron chi connectivity index (χ1n) is 16.2. The van der Waals surface area contributed by atoms with Gasteiger partial charge in [-0.2, -0.15) is 22.7 Å². The summed E-state index contributed by atoms with van der Waals surface area (Å²) in [5.74, 6) is 0.585. The predicted molar refractivity (Wildman–Crippen MR) is 183 cm³/mol. The normalized spacial score (nSPS) is 20.0. The number of hydrogen-bond donors (Lipinski definition) is 1. The van der Waals surface area contributed by atoms with E-state index in [1.807, 2.05) is 13.0 Å². The minimum atomic E-state index is -4.27. The second-order valence-corrected chi connectivity index (χ2v) is 16.3. The summed E-state index contributed by atoms with van der Waals surface area (Å²) in [4.78, 5) is 14.0. The van der Waals surface area contributed by atoms with Crippen molar-refractivity contribution in [1.29, 1.82) is 5.26 Å². The van der Waals surface area contributed by atoms with Crippen LogP contribution >= 0.6 is 11.3 Å². The molecular formula is C33H41F3N8O2S2. The van der Waals surface area contributed by atoms with Gasteiger partial charge in [0.2, 0.25) is 10.0 Å². The van der Waals surface area contributed by atoms with E-state index in [9.17, 15) is 26.9 Å². The van der Waals surface area contributed by atoms with Gasteiger partial charge in [0, 0.05) is 79.7 Å². The summed E-state index contributed by atoms with van der Waals surface area (Å²) in [6.45, 7) is 11.1. The highest BCUT2D eigenvalue weighted by molar-refractivity contribution is 7.88. The average molecular weight is 703 g/mol. The molecule has 2 atom stereocenters. The smallest absolute Gasteiger partial charge is 0.367 e. The van der Waals surface area contributed by atoms with Crippen LogP contribution in [0.1, 0.15) is 48.4 Å². The topological polar surface area (TPSA) is 110 Å². The number of benzene rings is 1. The maximum atomic E-state index is 13.0. The van der Waals surface area contributed by atoms with E-state index in [2.05, 4.69) is 61.7 Å². The number of piperazine rings is 1. The van der Waals surface area contributed by atoms with Gasteiger partial charge in [-0.05, 0) is 62.9 Å². The third kappa shape index (κ3) is 7.47. The van der Waals surface area contributed by atoms with Gasteiger partial charge < -0.3 is 9.88 Å². The zero-order valence-electron chi connectivity index (χ0n) is 27.6. The Morgan fingerprint density at radius 2 is 1.88 bits per heavy atom. The molecule has 0 bridgehead atoms. The lowest BCUT2D eigenvalue weighted by molar-refractivity contribution is -0.126. The summed E-state index contributed by atoms with van der Waals surface area (Å²) < 4.78 is 66.8. The summed E-state index contributed by atoms with van der Waals surface area (Å²) >= 11 is 1.06. The molecule has 2 aliphatic heterocycles. The van der Waals surface area contributed by atoms with Crippen molar-refractivity contribution in [2.75, 3.05) is 44.3 Å². The average Bonchev–Trinajstić information content (AvgIpc) is 3.59. The van der Waals surface area contributed by atoms with Crippen molar-refractivity contribution in [3.05, 3.63) is 52.3 Å². The molecule has 2 aliphatic rings. The van der Waals surface area contributed by atoms with Gasteiger partial charge in [-0.15, -0.1) is 11.3 Å². The fourth-order valence-corrected chi connectivity index (χ4v) is 9.36. The Balaban J connectivity index is 1.09. The van der Waals surface area contributed by atoms with E-state index < -0.39 is 22.6 Å². The van der Waals surface area contributed by atoms with Crippen LogP contribution in [-0.4, -0.2) is 100 Å². The standard InChI is InChI=1S/C33H41F3N8O2S2/c1-21(42-11-12-44(22(2)17-42)48(4,45)46)18-43-26(16-37)13-28-23(3)24(5-6-30(28)43)19-41-9-7-25(8-10-41)40-31-29-14-27(15-33(34,35)36)47-32(29)39-20-38-31/h5-6,13-14,20-22,25H,7-12,15,17-19H2,1-4H3,(H,38,39,40)/t21-,22-/m0/s1. The summed E-state index contributed by atoms with van der Waals surface area (Å²) in [7, 11) is -3.24. The van der Waals surface area contributed by atoms with Crippen LogP contribution in [0.15, 0.2) is 30.6 Å². The molecule has 1 N–H and O–H groups in total. The van der Waals surface area contributed by atoms with E-state index in [4.69, 9.17) is 0 Å². The summed E-state index contributed by atoms with van der Waals surface area (Å²) in [5.41, 5.74) is 4.00. The third-order valence-corrected chi connectivity index (χ3v) is 12.2. The number of aromatic nitrogens is 3. The van der Waals surface area contributed by atoms with Gasteiger partial charge in [-0.3, -0.25) is 9.80 Å². The molecule has 15 heteroatoms. The lowest BCUT2D eigenvalue weighted by Crippen LogP contribution is -2.56.